The quantitative estimate of drug-likeness (QED) is 0.286. The largest absolute Gasteiger partial charge is 0.416 e. The molecular weight excluding hydrogens is 492 g/mol. The van der Waals surface area contributed by atoms with Crippen molar-refractivity contribution in [2.45, 2.75) is 32.9 Å². The van der Waals surface area contributed by atoms with E-state index in [0.29, 0.717) is 56.5 Å². The summed E-state index contributed by atoms with van der Waals surface area (Å²) in [6, 6.07) is 10.1. The summed E-state index contributed by atoms with van der Waals surface area (Å²) in [5.74, 6) is 1.41. The number of halogens is 5. The molecule has 0 amide bonds. The van der Waals surface area contributed by atoms with Gasteiger partial charge in [-0.2, -0.15) is 13.2 Å². The first kappa shape index (κ1) is 23.7. The molecule has 1 N–H and O–H groups in total. The van der Waals surface area contributed by atoms with Crippen LogP contribution >= 0.6 is 34.5 Å². The number of rotatable bonds is 6. The maximum Gasteiger partial charge on any atom is 0.416 e. The van der Waals surface area contributed by atoms with Crippen LogP contribution in [0.5, 0.6) is 0 Å². The fourth-order valence-electron chi connectivity index (χ4n) is 3.26. The number of nitrogens with one attached hydrogen (secondary N) is 1. The standard InChI is InChI=1S/C23H19Cl2F3N4S/c1-12(2)10-18-30-21(29-14-8-6-13(7-9-14)23(26,27)28)20-22(31-18)33-19(32-20)11-15-16(24)4-3-5-17(15)25/h3-9,12H,10-11H2,1-2H3,(H,29,30,31). The van der Waals surface area contributed by atoms with Crippen molar-refractivity contribution in [3.05, 3.63) is 74.5 Å². The molecule has 0 radical (unpaired) electrons. The van der Waals surface area contributed by atoms with E-state index in [-0.39, 0.29) is 0 Å². The van der Waals surface area contributed by atoms with E-state index in [4.69, 9.17) is 28.2 Å². The average molecular weight is 511 g/mol. The number of hydrogen-bond acceptors (Lipinski definition) is 5. The highest BCUT2D eigenvalue weighted by molar-refractivity contribution is 7.18. The molecule has 0 aliphatic heterocycles. The predicted molar refractivity (Wildman–Crippen MR) is 128 cm³/mol. The molecule has 33 heavy (non-hydrogen) atoms. The van der Waals surface area contributed by atoms with Crippen LogP contribution in [0.25, 0.3) is 10.3 Å². The van der Waals surface area contributed by atoms with Crippen LogP contribution in [-0.2, 0) is 19.0 Å². The molecule has 4 aromatic rings. The topological polar surface area (TPSA) is 50.7 Å². The summed E-state index contributed by atoms with van der Waals surface area (Å²) in [4.78, 5) is 14.7. The fraction of sp³-hybridized carbons (Fsp3) is 0.261. The molecule has 0 atom stereocenters. The molecular formula is C23H19Cl2F3N4S. The molecule has 10 heteroatoms. The third kappa shape index (κ3) is 5.57. The van der Waals surface area contributed by atoms with Crippen LogP contribution in [0.2, 0.25) is 10.0 Å². The van der Waals surface area contributed by atoms with Gasteiger partial charge in [0.25, 0.3) is 0 Å². The number of alkyl halides is 3. The predicted octanol–water partition coefficient (Wildman–Crippen LogP) is 7.94. The maximum absolute atomic E-state index is 12.9. The Hall–Kier alpha value is -2.42. The van der Waals surface area contributed by atoms with Crippen molar-refractivity contribution < 1.29 is 13.2 Å². The lowest BCUT2D eigenvalue weighted by Crippen LogP contribution is -2.06. The third-order valence-corrected chi connectivity index (χ3v) is 6.46. The summed E-state index contributed by atoms with van der Waals surface area (Å²) in [6.45, 7) is 4.13. The lowest BCUT2D eigenvalue weighted by molar-refractivity contribution is -0.137. The molecule has 172 valence electrons. The van der Waals surface area contributed by atoms with Crippen LogP contribution in [0.1, 0.15) is 35.8 Å². The van der Waals surface area contributed by atoms with Crippen LogP contribution in [0.4, 0.5) is 24.7 Å². The minimum Gasteiger partial charge on any atom is -0.338 e. The third-order valence-electron chi connectivity index (χ3n) is 4.80. The highest BCUT2D eigenvalue weighted by atomic mass is 35.5. The normalized spacial score (nSPS) is 12.0. The number of thiazole rings is 1. The summed E-state index contributed by atoms with van der Waals surface area (Å²) >= 11 is 14.0. The van der Waals surface area contributed by atoms with Gasteiger partial charge in [-0.3, -0.25) is 0 Å². The summed E-state index contributed by atoms with van der Waals surface area (Å²) < 4.78 is 38.7. The van der Waals surface area contributed by atoms with Crippen LogP contribution in [-0.4, -0.2) is 15.0 Å². The lowest BCUT2D eigenvalue weighted by atomic mass is 10.1. The van der Waals surface area contributed by atoms with Crippen molar-refractivity contribution in [3.8, 4) is 0 Å². The van der Waals surface area contributed by atoms with Gasteiger partial charge in [-0.25, -0.2) is 15.0 Å². The molecule has 4 nitrogen and oxygen atoms in total. The van der Waals surface area contributed by atoms with Gasteiger partial charge >= 0.3 is 6.18 Å². The molecule has 0 bridgehead atoms. The molecule has 0 spiro atoms. The number of benzene rings is 2. The first-order chi connectivity index (χ1) is 15.6. The number of nitrogens with zero attached hydrogens (tertiary/aromatic N) is 3. The molecule has 2 aromatic heterocycles. The highest BCUT2D eigenvalue weighted by Crippen LogP contribution is 2.34. The van der Waals surface area contributed by atoms with Crippen molar-refractivity contribution in [1.82, 2.24) is 15.0 Å². The van der Waals surface area contributed by atoms with Gasteiger partial charge in [-0.05, 0) is 47.9 Å². The van der Waals surface area contributed by atoms with Crippen molar-refractivity contribution in [2.75, 3.05) is 5.32 Å². The molecule has 0 saturated carbocycles. The average Bonchev–Trinajstić information content (AvgIpc) is 3.13. The number of fused-ring (bicyclic) bond motifs is 1. The van der Waals surface area contributed by atoms with E-state index in [1.54, 1.807) is 18.2 Å². The smallest absolute Gasteiger partial charge is 0.338 e. The van der Waals surface area contributed by atoms with Crippen molar-refractivity contribution in [2.24, 2.45) is 5.92 Å². The zero-order valence-corrected chi connectivity index (χ0v) is 20.0. The van der Waals surface area contributed by atoms with E-state index in [2.05, 4.69) is 29.1 Å². The molecule has 0 aliphatic rings. The molecule has 2 heterocycles. The molecule has 4 rings (SSSR count). The second kappa shape index (κ2) is 9.44. The summed E-state index contributed by atoms with van der Waals surface area (Å²) in [7, 11) is 0. The zero-order valence-electron chi connectivity index (χ0n) is 17.7. The SMILES string of the molecule is CC(C)Cc1nc(Nc2ccc(C(F)(F)F)cc2)c2nc(Cc3c(Cl)cccc3Cl)sc2n1. The van der Waals surface area contributed by atoms with Gasteiger partial charge in [0.15, 0.2) is 5.82 Å². The number of anilines is 2. The Balaban J connectivity index is 1.72. The minimum absolute atomic E-state index is 0.329. The number of hydrogen-bond donors (Lipinski definition) is 1. The fourth-order valence-corrected chi connectivity index (χ4v) is 4.76. The lowest BCUT2D eigenvalue weighted by Gasteiger charge is -2.11. The number of aromatic nitrogens is 3. The zero-order chi connectivity index (χ0) is 23.8. The van der Waals surface area contributed by atoms with E-state index in [9.17, 15) is 13.2 Å². The Labute approximate surface area is 202 Å². The monoisotopic (exact) mass is 510 g/mol. The van der Waals surface area contributed by atoms with Gasteiger partial charge < -0.3 is 5.32 Å². The van der Waals surface area contributed by atoms with E-state index in [1.165, 1.54) is 23.5 Å². The van der Waals surface area contributed by atoms with Gasteiger partial charge in [0, 0.05) is 28.6 Å². The molecule has 0 fully saturated rings. The Kier molecular flexibility index (Phi) is 6.79. The van der Waals surface area contributed by atoms with Gasteiger partial charge in [-0.15, -0.1) is 0 Å². The Morgan fingerprint density at radius 3 is 2.24 bits per heavy atom. The van der Waals surface area contributed by atoms with Crippen LogP contribution in [0.15, 0.2) is 42.5 Å². The minimum atomic E-state index is -4.39. The summed E-state index contributed by atoms with van der Waals surface area (Å²) in [5.41, 5.74) is 1.08. The molecule has 0 unspecified atom stereocenters. The van der Waals surface area contributed by atoms with E-state index in [1.807, 2.05) is 0 Å². The molecule has 0 aliphatic carbocycles. The second-order valence-electron chi connectivity index (χ2n) is 7.92. The van der Waals surface area contributed by atoms with Crippen LogP contribution in [0, 0.1) is 5.92 Å². The van der Waals surface area contributed by atoms with E-state index < -0.39 is 11.7 Å². The van der Waals surface area contributed by atoms with Crippen molar-refractivity contribution >= 4 is 56.4 Å². The Bertz CT molecular complexity index is 1270. The molecule has 2 aromatic carbocycles. The van der Waals surface area contributed by atoms with Crippen molar-refractivity contribution in [3.63, 3.8) is 0 Å². The van der Waals surface area contributed by atoms with Gasteiger partial charge in [0.2, 0.25) is 0 Å². The van der Waals surface area contributed by atoms with Crippen molar-refractivity contribution in [1.29, 1.82) is 0 Å². The maximum atomic E-state index is 12.9. The summed E-state index contributed by atoms with van der Waals surface area (Å²) in [5, 5.41) is 4.97. The van der Waals surface area contributed by atoms with Gasteiger partial charge in [-0.1, -0.05) is 54.5 Å². The van der Waals surface area contributed by atoms with Gasteiger partial charge in [0.1, 0.15) is 21.2 Å². The van der Waals surface area contributed by atoms with Gasteiger partial charge in [0.05, 0.1) is 5.56 Å². The summed E-state index contributed by atoms with van der Waals surface area (Å²) in [6.07, 6.45) is -3.31. The second-order valence-corrected chi connectivity index (χ2v) is 9.80. The van der Waals surface area contributed by atoms with E-state index in [0.717, 1.165) is 22.7 Å². The van der Waals surface area contributed by atoms with Crippen LogP contribution < -0.4 is 5.32 Å². The first-order valence-corrected chi connectivity index (χ1v) is 11.7. The van der Waals surface area contributed by atoms with E-state index >= 15 is 0 Å². The van der Waals surface area contributed by atoms with Crippen LogP contribution in [0.3, 0.4) is 0 Å². The first-order valence-electron chi connectivity index (χ1n) is 10.1. The highest BCUT2D eigenvalue weighted by Gasteiger charge is 2.30. The Morgan fingerprint density at radius 1 is 0.970 bits per heavy atom. The molecule has 0 saturated heterocycles. The Morgan fingerprint density at radius 2 is 1.64 bits per heavy atom.